The largest absolute Gasteiger partial charge is 0.396 e. The quantitative estimate of drug-likeness (QED) is 0.718. The molecule has 2 atom stereocenters. The third-order valence-electron chi connectivity index (χ3n) is 4.28. The smallest absolute Gasteiger partial charge is 0.220 e. The average Bonchev–Trinajstić information content (AvgIpc) is 3.14. The zero-order valence-electron chi connectivity index (χ0n) is 12.6. The maximum atomic E-state index is 12.0. The van der Waals surface area contributed by atoms with Gasteiger partial charge in [-0.25, -0.2) is 0 Å². The number of benzene rings is 1. The molecule has 1 heterocycles. The predicted molar refractivity (Wildman–Crippen MR) is 87.5 cm³/mol. The van der Waals surface area contributed by atoms with E-state index in [0.717, 1.165) is 24.8 Å². The highest BCUT2D eigenvalue weighted by atomic mass is 16.3. The number of hydrogen-bond donors (Lipinski definition) is 3. The molecular weight excluding hydrogens is 276 g/mol. The molecule has 0 fully saturated rings. The SMILES string of the molecule is O=C(CCCc1c[nH]c2ccccc12)N[C@@H]1C=C[C@H](CO)C1. The van der Waals surface area contributed by atoms with Crippen molar-refractivity contribution in [2.45, 2.75) is 31.7 Å². The fourth-order valence-corrected chi connectivity index (χ4v) is 3.07. The summed E-state index contributed by atoms with van der Waals surface area (Å²) in [6.07, 6.45) is 9.09. The highest BCUT2D eigenvalue weighted by molar-refractivity contribution is 5.83. The van der Waals surface area contributed by atoms with Gasteiger partial charge in [-0.3, -0.25) is 4.79 Å². The normalized spacial score (nSPS) is 20.6. The zero-order chi connectivity index (χ0) is 15.4. The number of H-pyrrole nitrogens is 1. The van der Waals surface area contributed by atoms with E-state index in [1.54, 1.807) is 0 Å². The van der Waals surface area contributed by atoms with Crippen LogP contribution in [0, 0.1) is 5.92 Å². The Balaban J connectivity index is 1.45. The van der Waals surface area contributed by atoms with Gasteiger partial charge < -0.3 is 15.4 Å². The van der Waals surface area contributed by atoms with Crippen molar-refractivity contribution in [1.29, 1.82) is 0 Å². The average molecular weight is 298 g/mol. The molecule has 116 valence electrons. The Labute approximate surface area is 130 Å². The first-order valence-electron chi connectivity index (χ1n) is 7.90. The number of aromatic nitrogens is 1. The summed E-state index contributed by atoms with van der Waals surface area (Å²) in [7, 11) is 0. The molecule has 0 radical (unpaired) electrons. The number of aryl methyl sites for hydroxylation is 1. The van der Waals surface area contributed by atoms with E-state index in [1.165, 1.54) is 10.9 Å². The van der Waals surface area contributed by atoms with Crippen LogP contribution in [0.5, 0.6) is 0 Å². The van der Waals surface area contributed by atoms with Crippen LogP contribution in [0.2, 0.25) is 0 Å². The maximum absolute atomic E-state index is 12.0. The van der Waals surface area contributed by atoms with Crippen molar-refractivity contribution >= 4 is 16.8 Å². The van der Waals surface area contributed by atoms with Crippen molar-refractivity contribution in [2.24, 2.45) is 5.92 Å². The van der Waals surface area contributed by atoms with Crippen molar-refractivity contribution in [3.8, 4) is 0 Å². The standard InChI is InChI=1S/C18H22N2O2/c21-12-13-8-9-15(10-13)20-18(22)7-3-4-14-11-19-17-6-2-1-5-16(14)17/h1-2,5-6,8-9,11,13,15,19,21H,3-4,7,10,12H2,(H,20,22)/t13-,15+/m0/s1. The number of aromatic amines is 1. The second kappa shape index (κ2) is 6.79. The van der Waals surface area contributed by atoms with E-state index in [-0.39, 0.29) is 24.5 Å². The fourth-order valence-electron chi connectivity index (χ4n) is 3.07. The molecule has 0 aliphatic heterocycles. The lowest BCUT2D eigenvalue weighted by Gasteiger charge is -2.12. The minimum atomic E-state index is 0.0812. The van der Waals surface area contributed by atoms with Crippen LogP contribution in [0.1, 0.15) is 24.8 Å². The van der Waals surface area contributed by atoms with Crippen LogP contribution in [0.3, 0.4) is 0 Å². The van der Waals surface area contributed by atoms with Crippen molar-refractivity contribution in [2.75, 3.05) is 6.61 Å². The number of aliphatic hydroxyl groups excluding tert-OH is 1. The number of nitrogens with one attached hydrogen (secondary N) is 2. The lowest BCUT2D eigenvalue weighted by molar-refractivity contribution is -0.121. The van der Waals surface area contributed by atoms with E-state index >= 15 is 0 Å². The molecule has 1 amide bonds. The van der Waals surface area contributed by atoms with Crippen molar-refractivity contribution in [3.05, 3.63) is 48.2 Å². The first-order chi connectivity index (χ1) is 10.8. The monoisotopic (exact) mass is 298 g/mol. The van der Waals surface area contributed by atoms with Gasteiger partial charge >= 0.3 is 0 Å². The third-order valence-corrected chi connectivity index (χ3v) is 4.28. The fraction of sp³-hybridized carbons (Fsp3) is 0.389. The van der Waals surface area contributed by atoms with Gasteiger partial charge in [0.05, 0.1) is 0 Å². The van der Waals surface area contributed by atoms with Gasteiger partial charge in [0, 0.05) is 42.1 Å². The molecule has 1 aliphatic rings. The molecule has 22 heavy (non-hydrogen) atoms. The van der Waals surface area contributed by atoms with Crippen LogP contribution in [0.4, 0.5) is 0 Å². The van der Waals surface area contributed by atoms with Crippen LogP contribution in [0.15, 0.2) is 42.6 Å². The molecule has 1 aliphatic carbocycles. The molecular formula is C18H22N2O2. The number of carbonyl (C=O) groups is 1. The molecule has 0 saturated heterocycles. The second-order valence-electron chi connectivity index (χ2n) is 5.95. The van der Waals surface area contributed by atoms with Gasteiger partial charge in [-0.15, -0.1) is 0 Å². The number of aliphatic hydroxyl groups is 1. The molecule has 2 aromatic rings. The first-order valence-corrected chi connectivity index (χ1v) is 7.90. The predicted octanol–water partition coefficient (Wildman–Crippen LogP) is 2.54. The summed E-state index contributed by atoms with van der Waals surface area (Å²) in [5, 5.41) is 13.3. The van der Waals surface area contributed by atoms with Gasteiger partial charge in [-0.1, -0.05) is 30.4 Å². The summed E-state index contributed by atoms with van der Waals surface area (Å²) >= 11 is 0. The number of rotatable bonds is 6. The summed E-state index contributed by atoms with van der Waals surface area (Å²) in [5.41, 5.74) is 2.41. The molecule has 4 nitrogen and oxygen atoms in total. The van der Waals surface area contributed by atoms with Gasteiger partial charge in [0.15, 0.2) is 0 Å². The second-order valence-corrected chi connectivity index (χ2v) is 5.95. The lowest BCUT2D eigenvalue weighted by Crippen LogP contribution is -2.32. The Morgan fingerprint density at radius 1 is 1.32 bits per heavy atom. The van der Waals surface area contributed by atoms with Crippen LogP contribution in [0.25, 0.3) is 10.9 Å². The molecule has 3 rings (SSSR count). The summed E-state index contributed by atoms with van der Waals surface area (Å²) < 4.78 is 0. The molecule has 0 saturated carbocycles. The van der Waals surface area contributed by atoms with Crippen molar-refractivity contribution in [1.82, 2.24) is 10.3 Å². The van der Waals surface area contributed by atoms with Crippen molar-refractivity contribution in [3.63, 3.8) is 0 Å². The van der Waals surface area contributed by atoms with Gasteiger partial charge in [0.2, 0.25) is 5.91 Å². The van der Waals surface area contributed by atoms with E-state index < -0.39 is 0 Å². The highest BCUT2D eigenvalue weighted by Gasteiger charge is 2.19. The summed E-state index contributed by atoms with van der Waals surface area (Å²) in [6, 6.07) is 8.31. The number of carbonyl (C=O) groups excluding carboxylic acids is 1. The molecule has 0 spiro atoms. The number of amides is 1. The van der Waals surface area contributed by atoms with E-state index in [2.05, 4.69) is 22.4 Å². The maximum Gasteiger partial charge on any atom is 0.220 e. The van der Waals surface area contributed by atoms with E-state index in [0.29, 0.717) is 6.42 Å². The van der Waals surface area contributed by atoms with Gasteiger partial charge in [-0.05, 0) is 30.9 Å². The Bertz CT molecular complexity index is 675. The third kappa shape index (κ3) is 3.39. The number of hydrogen-bond acceptors (Lipinski definition) is 2. The Morgan fingerprint density at radius 3 is 3.00 bits per heavy atom. The lowest BCUT2D eigenvalue weighted by atomic mass is 10.1. The molecule has 3 N–H and O–H groups in total. The van der Waals surface area contributed by atoms with Crippen LogP contribution < -0.4 is 5.32 Å². The first kappa shape index (κ1) is 14.9. The zero-order valence-corrected chi connectivity index (χ0v) is 12.6. The Morgan fingerprint density at radius 2 is 2.18 bits per heavy atom. The van der Waals surface area contributed by atoms with Crippen LogP contribution in [-0.4, -0.2) is 28.6 Å². The Kier molecular flexibility index (Phi) is 4.59. The number of para-hydroxylation sites is 1. The van der Waals surface area contributed by atoms with Crippen LogP contribution >= 0.6 is 0 Å². The Hall–Kier alpha value is -2.07. The van der Waals surface area contributed by atoms with Gasteiger partial charge in [-0.2, -0.15) is 0 Å². The number of fused-ring (bicyclic) bond motifs is 1. The molecule has 4 heteroatoms. The van der Waals surface area contributed by atoms with Crippen LogP contribution in [-0.2, 0) is 11.2 Å². The summed E-state index contributed by atoms with van der Waals surface area (Å²) in [5.74, 6) is 0.282. The highest BCUT2D eigenvalue weighted by Crippen LogP contribution is 2.20. The van der Waals surface area contributed by atoms with Gasteiger partial charge in [0.25, 0.3) is 0 Å². The topological polar surface area (TPSA) is 65.1 Å². The molecule has 0 bridgehead atoms. The molecule has 1 aromatic heterocycles. The van der Waals surface area contributed by atoms with Crippen molar-refractivity contribution < 1.29 is 9.90 Å². The minimum Gasteiger partial charge on any atom is -0.396 e. The molecule has 1 aromatic carbocycles. The van der Waals surface area contributed by atoms with E-state index in [4.69, 9.17) is 5.11 Å². The molecule has 0 unspecified atom stereocenters. The van der Waals surface area contributed by atoms with Gasteiger partial charge in [0.1, 0.15) is 0 Å². The van der Waals surface area contributed by atoms with E-state index in [1.807, 2.05) is 30.5 Å². The van der Waals surface area contributed by atoms with E-state index in [9.17, 15) is 4.79 Å². The minimum absolute atomic E-state index is 0.0812. The summed E-state index contributed by atoms with van der Waals surface area (Å²) in [6.45, 7) is 0.156. The summed E-state index contributed by atoms with van der Waals surface area (Å²) in [4.78, 5) is 15.2.